The monoisotopic (exact) mass is 314 g/mol. The summed E-state index contributed by atoms with van der Waals surface area (Å²) in [6.07, 6.45) is 0.791. The van der Waals surface area contributed by atoms with Crippen LogP contribution in [0.5, 0.6) is 0 Å². The summed E-state index contributed by atoms with van der Waals surface area (Å²) in [5.41, 5.74) is 2.07. The minimum Gasteiger partial charge on any atom is -0.378 e. The van der Waals surface area contributed by atoms with E-state index in [1.807, 2.05) is 6.07 Å². The van der Waals surface area contributed by atoms with Crippen molar-refractivity contribution in [2.45, 2.75) is 6.42 Å². The molecule has 1 aliphatic heterocycles. The third-order valence-corrected chi connectivity index (χ3v) is 3.33. The molecule has 0 bridgehead atoms. The average Bonchev–Trinajstić information content (AvgIpc) is 2.40. The first-order valence-electron chi connectivity index (χ1n) is 5.88. The number of morpholine rings is 1. The zero-order valence-electron chi connectivity index (χ0n) is 9.97. The zero-order chi connectivity index (χ0) is 13.0. The molecule has 1 saturated heterocycles. The molecule has 0 aromatic heterocycles. The molecule has 2 rings (SSSR count). The Hall–Kier alpha value is -1.14. The summed E-state index contributed by atoms with van der Waals surface area (Å²) in [6, 6.07) is 5.31. The maximum atomic E-state index is 10.9. The molecule has 0 amide bonds. The molecule has 6 heteroatoms. The molecule has 5 nitrogen and oxygen atoms in total. The van der Waals surface area contributed by atoms with Gasteiger partial charge in [-0.2, -0.15) is 0 Å². The maximum absolute atomic E-state index is 10.9. The number of hydrogen-bond donors (Lipinski definition) is 0. The van der Waals surface area contributed by atoms with Gasteiger partial charge in [-0.25, -0.2) is 0 Å². The van der Waals surface area contributed by atoms with Crippen molar-refractivity contribution in [2.75, 3.05) is 36.5 Å². The molecule has 0 atom stereocenters. The Labute approximate surface area is 114 Å². The Morgan fingerprint density at radius 2 is 2.06 bits per heavy atom. The second kappa shape index (κ2) is 6.15. The van der Waals surface area contributed by atoms with Crippen molar-refractivity contribution in [1.29, 1.82) is 0 Å². The summed E-state index contributed by atoms with van der Waals surface area (Å²) in [5, 5.41) is 11.7. The summed E-state index contributed by atoms with van der Waals surface area (Å²) in [5.74, 6) is 0. The molecule has 1 fully saturated rings. The number of hydrogen-bond acceptors (Lipinski definition) is 4. The minimum atomic E-state index is -0.332. The molecule has 1 aliphatic rings. The number of rotatable bonds is 4. The zero-order valence-corrected chi connectivity index (χ0v) is 11.6. The van der Waals surface area contributed by atoms with E-state index in [0.717, 1.165) is 36.1 Å². The minimum absolute atomic E-state index is 0.162. The quantitative estimate of drug-likeness (QED) is 0.486. The first kappa shape index (κ1) is 13.3. The van der Waals surface area contributed by atoms with Gasteiger partial charge in [0, 0.05) is 36.2 Å². The highest BCUT2D eigenvalue weighted by molar-refractivity contribution is 9.09. The van der Waals surface area contributed by atoms with Crippen LogP contribution in [0, 0.1) is 10.1 Å². The van der Waals surface area contributed by atoms with Crippen LogP contribution < -0.4 is 4.90 Å². The standard InChI is InChI=1S/C12H15BrN2O3/c13-2-1-10-7-11(9-12(8-10)15(16)17)14-3-5-18-6-4-14/h7-9H,1-6H2. The number of anilines is 1. The van der Waals surface area contributed by atoms with Gasteiger partial charge in [0.05, 0.1) is 18.1 Å². The molecule has 18 heavy (non-hydrogen) atoms. The Bertz CT molecular complexity index is 433. The first-order valence-corrected chi connectivity index (χ1v) is 7.00. The lowest BCUT2D eigenvalue weighted by Gasteiger charge is -2.29. The summed E-state index contributed by atoms with van der Waals surface area (Å²) in [4.78, 5) is 12.7. The van der Waals surface area contributed by atoms with E-state index in [-0.39, 0.29) is 10.6 Å². The predicted octanol–water partition coefficient (Wildman–Crippen LogP) is 2.37. The number of alkyl halides is 1. The van der Waals surface area contributed by atoms with Crippen molar-refractivity contribution in [3.8, 4) is 0 Å². The number of nitrogens with zero attached hydrogens (tertiary/aromatic N) is 2. The van der Waals surface area contributed by atoms with Crippen molar-refractivity contribution < 1.29 is 9.66 Å². The highest BCUT2D eigenvalue weighted by Crippen LogP contribution is 2.25. The van der Waals surface area contributed by atoms with Gasteiger partial charge in [0.25, 0.3) is 5.69 Å². The van der Waals surface area contributed by atoms with Crippen molar-refractivity contribution in [3.63, 3.8) is 0 Å². The summed E-state index contributed by atoms with van der Waals surface area (Å²) in [7, 11) is 0. The van der Waals surface area contributed by atoms with Crippen molar-refractivity contribution in [3.05, 3.63) is 33.9 Å². The fourth-order valence-corrected chi connectivity index (χ4v) is 2.48. The van der Waals surface area contributed by atoms with Crippen LogP contribution in [-0.4, -0.2) is 36.6 Å². The van der Waals surface area contributed by atoms with Crippen molar-refractivity contribution >= 4 is 27.3 Å². The van der Waals surface area contributed by atoms with Gasteiger partial charge < -0.3 is 9.64 Å². The number of non-ortho nitro benzene ring substituents is 1. The molecular formula is C12H15BrN2O3. The smallest absolute Gasteiger partial charge is 0.271 e. The second-order valence-electron chi connectivity index (χ2n) is 4.15. The van der Waals surface area contributed by atoms with E-state index in [1.165, 1.54) is 0 Å². The summed E-state index contributed by atoms with van der Waals surface area (Å²) in [6.45, 7) is 2.93. The lowest BCUT2D eigenvalue weighted by molar-refractivity contribution is -0.384. The number of benzene rings is 1. The number of nitro groups is 1. The van der Waals surface area contributed by atoms with Gasteiger partial charge in [-0.15, -0.1) is 0 Å². The lowest BCUT2D eigenvalue weighted by Crippen LogP contribution is -2.36. The molecule has 0 aliphatic carbocycles. The molecule has 0 saturated carbocycles. The Morgan fingerprint density at radius 1 is 1.33 bits per heavy atom. The highest BCUT2D eigenvalue weighted by Gasteiger charge is 2.16. The van der Waals surface area contributed by atoms with Crippen molar-refractivity contribution in [1.82, 2.24) is 0 Å². The van der Waals surface area contributed by atoms with E-state index < -0.39 is 0 Å². The SMILES string of the molecule is O=[N+]([O-])c1cc(CCBr)cc(N2CCOCC2)c1. The van der Waals surface area contributed by atoms with Gasteiger partial charge >= 0.3 is 0 Å². The molecular weight excluding hydrogens is 300 g/mol. The largest absolute Gasteiger partial charge is 0.378 e. The van der Waals surface area contributed by atoms with E-state index >= 15 is 0 Å². The van der Waals surface area contributed by atoms with Gasteiger partial charge in [-0.3, -0.25) is 10.1 Å². The lowest BCUT2D eigenvalue weighted by atomic mass is 10.1. The highest BCUT2D eigenvalue weighted by atomic mass is 79.9. The Morgan fingerprint density at radius 3 is 2.67 bits per heavy atom. The summed E-state index contributed by atoms with van der Waals surface area (Å²) < 4.78 is 5.29. The normalized spacial score (nSPS) is 15.7. The Kier molecular flexibility index (Phi) is 4.54. The maximum Gasteiger partial charge on any atom is 0.271 e. The van der Waals surface area contributed by atoms with Crippen LogP contribution in [0.25, 0.3) is 0 Å². The van der Waals surface area contributed by atoms with Gasteiger partial charge in [-0.1, -0.05) is 15.9 Å². The van der Waals surface area contributed by atoms with Gasteiger partial charge in [0.2, 0.25) is 0 Å². The van der Waals surface area contributed by atoms with E-state index in [9.17, 15) is 10.1 Å². The van der Waals surface area contributed by atoms with E-state index in [0.29, 0.717) is 13.2 Å². The number of aryl methyl sites for hydroxylation is 1. The summed E-state index contributed by atoms with van der Waals surface area (Å²) >= 11 is 3.36. The van der Waals surface area contributed by atoms with Crippen molar-refractivity contribution in [2.24, 2.45) is 0 Å². The molecule has 1 aromatic carbocycles. The second-order valence-corrected chi connectivity index (χ2v) is 4.95. The molecule has 1 aromatic rings. The van der Waals surface area contributed by atoms with E-state index in [4.69, 9.17) is 4.74 Å². The number of halogens is 1. The average molecular weight is 315 g/mol. The molecule has 0 radical (unpaired) electrons. The van der Waals surface area contributed by atoms with E-state index in [2.05, 4.69) is 20.8 Å². The van der Waals surface area contributed by atoms with E-state index in [1.54, 1.807) is 12.1 Å². The molecule has 0 unspecified atom stereocenters. The van der Waals surface area contributed by atoms with Crippen LogP contribution in [0.3, 0.4) is 0 Å². The van der Waals surface area contributed by atoms with Gasteiger partial charge in [0.1, 0.15) is 0 Å². The fourth-order valence-electron chi connectivity index (χ4n) is 2.02. The molecule has 98 valence electrons. The Balaban J connectivity index is 2.29. The predicted molar refractivity (Wildman–Crippen MR) is 73.6 cm³/mol. The fraction of sp³-hybridized carbons (Fsp3) is 0.500. The van der Waals surface area contributed by atoms with Crippen LogP contribution in [0.15, 0.2) is 18.2 Å². The van der Waals surface area contributed by atoms with Crippen LogP contribution in [0.2, 0.25) is 0 Å². The van der Waals surface area contributed by atoms with Crippen LogP contribution in [0.4, 0.5) is 11.4 Å². The number of ether oxygens (including phenoxy) is 1. The third-order valence-electron chi connectivity index (χ3n) is 2.93. The molecule has 0 N–H and O–H groups in total. The van der Waals surface area contributed by atoms with Crippen LogP contribution in [0.1, 0.15) is 5.56 Å². The van der Waals surface area contributed by atoms with Crippen LogP contribution >= 0.6 is 15.9 Å². The van der Waals surface area contributed by atoms with Gasteiger partial charge in [0.15, 0.2) is 0 Å². The molecule has 0 spiro atoms. The van der Waals surface area contributed by atoms with Crippen LogP contribution in [-0.2, 0) is 11.2 Å². The van der Waals surface area contributed by atoms with Gasteiger partial charge in [-0.05, 0) is 18.1 Å². The number of nitro benzene ring substituents is 1. The third kappa shape index (κ3) is 3.20. The molecule has 1 heterocycles. The first-order chi connectivity index (χ1) is 8.70. The topological polar surface area (TPSA) is 55.6 Å².